The molecule has 0 aliphatic rings. The van der Waals surface area contributed by atoms with Gasteiger partial charge in [-0.05, 0) is 6.42 Å². The lowest BCUT2D eigenvalue weighted by atomic mass is 10.4. The highest BCUT2D eigenvalue weighted by Crippen LogP contribution is 2.23. The van der Waals surface area contributed by atoms with Gasteiger partial charge in [0, 0.05) is 12.4 Å². The first kappa shape index (κ1) is 9.83. The Morgan fingerprint density at radius 2 is 2.08 bits per heavy atom. The van der Waals surface area contributed by atoms with Gasteiger partial charge in [0.05, 0.1) is 6.61 Å². The van der Waals surface area contributed by atoms with Crippen molar-refractivity contribution in [3.8, 4) is 5.88 Å². The van der Waals surface area contributed by atoms with Gasteiger partial charge in [0.25, 0.3) is 6.43 Å². The molecule has 5 heteroatoms. The maximum atomic E-state index is 12.3. The van der Waals surface area contributed by atoms with Gasteiger partial charge in [0.2, 0.25) is 5.88 Å². The first-order valence-corrected chi connectivity index (χ1v) is 3.97. The van der Waals surface area contributed by atoms with Gasteiger partial charge < -0.3 is 4.74 Å². The molecule has 0 radical (unpaired) electrons. The fourth-order valence-corrected chi connectivity index (χ4v) is 0.796. The van der Waals surface area contributed by atoms with Crippen LogP contribution < -0.4 is 4.74 Å². The number of halogens is 2. The van der Waals surface area contributed by atoms with Gasteiger partial charge in [-0.3, -0.25) is 0 Å². The van der Waals surface area contributed by atoms with Crippen molar-refractivity contribution in [1.29, 1.82) is 0 Å². The van der Waals surface area contributed by atoms with Crippen molar-refractivity contribution in [2.45, 2.75) is 19.8 Å². The minimum absolute atomic E-state index is 0.0700. The minimum Gasteiger partial charge on any atom is -0.476 e. The third-order valence-corrected chi connectivity index (χ3v) is 1.34. The molecule has 1 heterocycles. The molecular weight excluding hydrogens is 178 g/mol. The van der Waals surface area contributed by atoms with E-state index in [-0.39, 0.29) is 5.88 Å². The van der Waals surface area contributed by atoms with Gasteiger partial charge >= 0.3 is 0 Å². The highest BCUT2D eigenvalue weighted by Gasteiger charge is 2.16. The molecule has 72 valence electrons. The van der Waals surface area contributed by atoms with Crippen LogP contribution in [-0.4, -0.2) is 16.6 Å². The normalized spacial score (nSPS) is 10.5. The van der Waals surface area contributed by atoms with Crippen molar-refractivity contribution in [2.24, 2.45) is 0 Å². The molecule has 0 aromatic carbocycles. The van der Waals surface area contributed by atoms with E-state index in [1.807, 2.05) is 6.92 Å². The van der Waals surface area contributed by atoms with Crippen LogP contribution in [-0.2, 0) is 0 Å². The largest absolute Gasteiger partial charge is 0.476 e. The summed E-state index contributed by atoms with van der Waals surface area (Å²) in [5.74, 6) is -0.0700. The van der Waals surface area contributed by atoms with E-state index in [2.05, 4.69) is 9.97 Å². The lowest BCUT2D eigenvalue weighted by Gasteiger charge is -2.06. The van der Waals surface area contributed by atoms with Crippen LogP contribution >= 0.6 is 0 Å². The minimum atomic E-state index is -2.64. The van der Waals surface area contributed by atoms with Gasteiger partial charge in [-0.15, -0.1) is 0 Å². The highest BCUT2D eigenvalue weighted by molar-refractivity contribution is 5.18. The Kier molecular flexibility index (Phi) is 3.54. The molecule has 0 unspecified atom stereocenters. The molecule has 13 heavy (non-hydrogen) atoms. The number of hydrogen-bond donors (Lipinski definition) is 0. The molecule has 0 aliphatic heterocycles. The third-order valence-electron chi connectivity index (χ3n) is 1.34. The Labute approximate surface area is 74.8 Å². The second-order valence-corrected chi connectivity index (χ2v) is 2.40. The van der Waals surface area contributed by atoms with Crippen LogP contribution in [0.5, 0.6) is 5.88 Å². The molecular formula is C8H10F2N2O. The molecule has 3 nitrogen and oxygen atoms in total. The van der Waals surface area contributed by atoms with Crippen LogP contribution in [0.1, 0.15) is 25.5 Å². The summed E-state index contributed by atoms with van der Waals surface area (Å²) in [4.78, 5) is 7.17. The summed E-state index contributed by atoms with van der Waals surface area (Å²) in [6, 6.07) is 0. The third kappa shape index (κ3) is 2.61. The summed E-state index contributed by atoms with van der Waals surface area (Å²) >= 11 is 0. The summed E-state index contributed by atoms with van der Waals surface area (Å²) in [6.07, 6.45) is 0.664. The summed E-state index contributed by atoms with van der Waals surface area (Å²) in [5.41, 5.74) is -0.393. The maximum Gasteiger partial charge on any atom is 0.285 e. The molecule has 0 N–H and O–H groups in total. The SMILES string of the molecule is CCCOc1nccnc1C(F)F. The predicted molar refractivity (Wildman–Crippen MR) is 42.8 cm³/mol. The van der Waals surface area contributed by atoms with Crippen molar-refractivity contribution in [2.75, 3.05) is 6.61 Å². The molecule has 1 aromatic rings. The monoisotopic (exact) mass is 188 g/mol. The van der Waals surface area contributed by atoms with Crippen LogP contribution in [0.3, 0.4) is 0 Å². The second kappa shape index (κ2) is 4.69. The van der Waals surface area contributed by atoms with Gasteiger partial charge in [-0.25, -0.2) is 18.7 Å². The standard InChI is InChI=1S/C8H10F2N2O/c1-2-5-13-8-6(7(9)10)11-3-4-12-8/h3-4,7H,2,5H2,1H3. The first-order valence-electron chi connectivity index (χ1n) is 3.97. The zero-order chi connectivity index (χ0) is 9.68. The quantitative estimate of drug-likeness (QED) is 0.726. The topological polar surface area (TPSA) is 35.0 Å². The molecule has 0 saturated carbocycles. The molecule has 1 aromatic heterocycles. The van der Waals surface area contributed by atoms with Crippen molar-refractivity contribution in [3.63, 3.8) is 0 Å². The number of aromatic nitrogens is 2. The van der Waals surface area contributed by atoms with E-state index in [1.54, 1.807) is 0 Å². The van der Waals surface area contributed by atoms with Crippen molar-refractivity contribution in [1.82, 2.24) is 9.97 Å². The van der Waals surface area contributed by atoms with E-state index in [9.17, 15) is 8.78 Å². The molecule has 1 rings (SSSR count). The summed E-state index contributed by atoms with van der Waals surface area (Å²) in [6.45, 7) is 2.26. The average molecular weight is 188 g/mol. The van der Waals surface area contributed by atoms with E-state index in [0.29, 0.717) is 6.61 Å². The van der Waals surface area contributed by atoms with E-state index in [0.717, 1.165) is 6.42 Å². The van der Waals surface area contributed by atoms with Gasteiger partial charge in [-0.2, -0.15) is 0 Å². The lowest BCUT2D eigenvalue weighted by Crippen LogP contribution is -2.03. The number of nitrogens with zero attached hydrogens (tertiary/aromatic N) is 2. The van der Waals surface area contributed by atoms with E-state index in [4.69, 9.17) is 4.74 Å². The highest BCUT2D eigenvalue weighted by atomic mass is 19.3. The van der Waals surface area contributed by atoms with Gasteiger partial charge in [0.15, 0.2) is 5.69 Å². The van der Waals surface area contributed by atoms with Crippen molar-refractivity contribution >= 4 is 0 Å². The molecule has 0 aliphatic carbocycles. The van der Waals surface area contributed by atoms with Gasteiger partial charge in [0.1, 0.15) is 0 Å². The predicted octanol–water partition coefficient (Wildman–Crippen LogP) is 2.20. The van der Waals surface area contributed by atoms with Crippen LogP contribution in [0.15, 0.2) is 12.4 Å². The first-order chi connectivity index (χ1) is 6.25. The zero-order valence-electron chi connectivity index (χ0n) is 7.20. The number of hydrogen-bond acceptors (Lipinski definition) is 3. The van der Waals surface area contributed by atoms with Crippen LogP contribution in [0, 0.1) is 0 Å². The second-order valence-electron chi connectivity index (χ2n) is 2.40. The van der Waals surface area contributed by atoms with E-state index in [1.165, 1.54) is 12.4 Å². The zero-order valence-corrected chi connectivity index (χ0v) is 7.20. The summed E-state index contributed by atoms with van der Waals surface area (Å²) in [7, 11) is 0. The van der Waals surface area contributed by atoms with Crippen molar-refractivity contribution < 1.29 is 13.5 Å². The van der Waals surface area contributed by atoms with Crippen LogP contribution in [0.2, 0.25) is 0 Å². The summed E-state index contributed by atoms with van der Waals surface area (Å²) < 4.78 is 29.5. The Bertz CT molecular complexity index is 268. The fourth-order valence-electron chi connectivity index (χ4n) is 0.796. The van der Waals surface area contributed by atoms with Crippen molar-refractivity contribution in [3.05, 3.63) is 18.1 Å². The smallest absolute Gasteiger partial charge is 0.285 e. The maximum absolute atomic E-state index is 12.3. The Balaban J connectivity index is 2.78. The van der Waals surface area contributed by atoms with Gasteiger partial charge in [-0.1, -0.05) is 6.92 Å². The molecule has 0 bridgehead atoms. The molecule has 0 amide bonds. The molecule has 0 spiro atoms. The fraction of sp³-hybridized carbons (Fsp3) is 0.500. The number of ether oxygens (including phenoxy) is 1. The lowest BCUT2D eigenvalue weighted by molar-refractivity contribution is 0.138. The Hall–Kier alpha value is -1.26. The molecule has 0 atom stereocenters. The number of alkyl halides is 2. The summed E-state index contributed by atoms with van der Waals surface area (Å²) in [5, 5.41) is 0. The van der Waals surface area contributed by atoms with E-state index < -0.39 is 12.1 Å². The van der Waals surface area contributed by atoms with E-state index >= 15 is 0 Å². The number of rotatable bonds is 4. The Morgan fingerprint density at radius 3 is 2.69 bits per heavy atom. The Morgan fingerprint density at radius 1 is 1.38 bits per heavy atom. The molecule has 0 fully saturated rings. The van der Waals surface area contributed by atoms with Crippen LogP contribution in [0.4, 0.5) is 8.78 Å². The molecule has 0 saturated heterocycles. The van der Waals surface area contributed by atoms with Crippen LogP contribution in [0.25, 0.3) is 0 Å². The average Bonchev–Trinajstić information content (AvgIpc) is 2.15.